The first-order valence-electron chi connectivity index (χ1n) is 4.51. The molecular weight excluding hydrogens is 232 g/mol. The van der Waals surface area contributed by atoms with E-state index in [1.54, 1.807) is 5.38 Å². The molecule has 88 valence electrons. The van der Waals surface area contributed by atoms with Crippen LogP contribution in [-0.2, 0) is 11.2 Å². The van der Waals surface area contributed by atoms with Gasteiger partial charge in [0, 0.05) is 18.5 Å². The first-order chi connectivity index (χ1) is 7.58. The molecule has 0 unspecified atom stereocenters. The van der Waals surface area contributed by atoms with E-state index in [0.29, 0.717) is 23.9 Å². The smallest absolute Gasteiger partial charge is 0.312 e. The number of anilines is 1. The number of hydrogen-bond acceptors (Lipinski definition) is 5. The van der Waals surface area contributed by atoms with Crippen molar-refractivity contribution in [2.24, 2.45) is 5.73 Å². The van der Waals surface area contributed by atoms with E-state index in [-0.39, 0.29) is 6.42 Å². The predicted octanol–water partition coefficient (Wildman–Crippen LogP) is -0.150. The molecule has 0 aliphatic carbocycles. The minimum atomic E-state index is -0.910. The van der Waals surface area contributed by atoms with Crippen LogP contribution in [0.15, 0.2) is 5.38 Å². The Bertz CT molecular complexity index is 379. The third-order valence-corrected chi connectivity index (χ3v) is 2.43. The molecule has 0 aromatic carbocycles. The van der Waals surface area contributed by atoms with Gasteiger partial charge in [-0.25, -0.2) is 9.78 Å². The number of nitrogens with two attached hydrogens (primary N) is 1. The van der Waals surface area contributed by atoms with Gasteiger partial charge in [0.05, 0.1) is 12.1 Å². The first-order valence-corrected chi connectivity index (χ1v) is 5.39. The Morgan fingerprint density at radius 3 is 2.88 bits per heavy atom. The minimum absolute atomic E-state index is 0.0856. The van der Waals surface area contributed by atoms with Crippen LogP contribution in [0.2, 0.25) is 0 Å². The molecule has 0 saturated carbocycles. The maximum Gasteiger partial charge on any atom is 0.312 e. The number of carboxylic acids is 1. The lowest BCUT2D eigenvalue weighted by atomic mass is 10.3. The van der Waals surface area contributed by atoms with E-state index in [0.717, 1.165) is 0 Å². The molecule has 0 bridgehead atoms. The van der Waals surface area contributed by atoms with Crippen molar-refractivity contribution in [3.05, 3.63) is 11.1 Å². The van der Waals surface area contributed by atoms with E-state index in [4.69, 9.17) is 10.8 Å². The summed E-state index contributed by atoms with van der Waals surface area (Å²) in [7, 11) is 0. The van der Waals surface area contributed by atoms with Crippen LogP contribution in [0.1, 0.15) is 5.69 Å². The summed E-state index contributed by atoms with van der Waals surface area (Å²) in [5.41, 5.74) is 5.39. The monoisotopic (exact) mass is 244 g/mol. The Morgan fingerprint density at radius 1 is 1.50 bits per heavy atom. The third kappa shape index (κ3) is 4.60. The van der Waals surface area contributed by atoms with Crippen LogP contribution in [0.5, 0.6) is 0 Å². The maximum absolute atomic E-state index is 10.4. The van der Waals surface area contributed by atoms with Gasteiger partial charge in [0.2, 0.25) is 0 Å². The normalized spacial score (nSPS) is 9.75. The molecule has 16 heavy (non-hydrogen) atoms. The van der Waals surface area contributed by atoms with Crippen LogP contribution in [0.25, 0.3) is 0 Å². The van der Waals surface area contributed by atoms with Crippen molar-refractivity contribution >= 4 is 28.5 Å². The number of aliphatic carboxylic acids is 1. The molecule has 0 fully saturated rings. The molecule has 1 aromatic rings. The van der Waals surface area contributed by atoms with Gasteiger partial charge in [0.25, 0.3) is 0 Å². The SMILES string of the molecule is NC(=O)NCCNc1nc(CC(=O)O)cs1. The molecule has 7 nitrogen and oxygen atoms in total. The summed E-state index contributed by atoms with van der Waals surface area (Å²) in [6.07, 6.45) is -0.0856. The standard InChI is InChI=1S/C8H12N4O3S/c9-7(15)10-1-2-11-8-12-5(4-16-8)3-6(13)14/h4H,1-3H2,(H,11,12)(H,13,14)(H3,9,10,15). The molecule has 1 aromatic heterocycles. The van der Waals surface area contributed by atoms with Gasteiger partial charge in [-0.15, -0.1) is 11.3 Å². The average molecular weight is 244 g/mol. The second-order valence-corrected chi connectivity index (χ2v) is 3.79. The molecule has 0 aliphatic heterocycles. The van der Waals surface area contributed by atoms with Crippen LogP contribution in [-0.4, -0.2) is 35.2 Å². The van der Waals surface area contributed by atoms with Gasteiger partial charge in [0.1, 0.15) is 0 Å². The van der Waals surface area contributed by atoms with Crippen LogP contribution >= 0.6 is 11.3 Å². The molecule has 0 atom stereocenters. The van der Waals surface area contributed by atoms with E-state index < -0.39 is 12.0 Å². The number of carbonyl (C=O) groups excluding carboxylic acids is 1. The summed E-state index contributed by atoms with van der Waals surface area (Å²) in [5, 5.41) is 16.2. The van der Waals surface area contributed by atoms with E-state index in [9.17, 15) is 9.59 Å². The Kier molecular flexibility index (Phi) is 4.52. The van der Waals surface area contributed by atoms with Crippen molar-refractivity contribution in [2.75, 3.05) is 18.4 Å². The molecule has 0 saturated heterocycles. The Labute approximate surface area is 95.7 Å². The van der Waals surface area contributed by atoms with Gasteiger partial charge in [-0.3, -0.25) is 4.79 Å². The number of nitrogens with zero attached hydrogens (tertiary/aromatic N) is 1. The molecule has 0 radical (unpaired) electrons. The van der Waals surface area contributed by atoms with Crippen molar-refractivity contribution in [1.29, 1.82) is 0 Å². The fourth-order valence-corrected chi connectivity index (χ4v) is 1.72. The van der Waals surface area contributed by atoms with E-state index >= 15 is 0 Å². The predicted molar refractivity (Wildman–Crippen MR) is 59.5 cm³/mol. The third-order valence-electron chi connectivity index (χ3n) is 1.58. The summed E-state index contributed by atoms with van der Waals surface area (Å²) < 4.78 is 0. The molecule has 0 spiro atoms. The van der Waals surface area contributed by atoms with Crippen LogP contribution in [0.4, 0.5) is 9.93 Å². The highest BCUT2D eigenvalue weighted by atomic mass is 32.1. The van der Waals surface area contributed by atoms with E-state index in [1.165, 1.54) is 11.3 Å². The lowest BCUT2D eigenvalue weighted by Gasteiger charge is -2.02. The number of carboxylic acid groups (broad SMARTS) is 1. The highest BCUT2D eigenvalue weighted by Crippen LogP contribution is 2.15. The topological polar surface area (TPSA) is 117 Å². The summed E-state index contributed by atoms with van der Waals surface area (Å²) >= 11 is 1.32. The number of urea groups is 1. The van der Waals surface area contributed by atoms with E-state index in [2.05, 4.69) is 15.6 Å². The van der Waals surface area contributed by atoms with Gasteiger partial charge < -0.3 is 21.5 Å². The number of rotatable bonds is 6. The summed E-state index contributed by atoms with van der Waals surface area (Å²) in [4.78, 5) is 24.8. The number of thiazole rings is 1. The minimum Gasteiger partial charge on any atom is -0.481 e. The fourth-order valence-electron chi connectivity index (χ4n) is 0.979. The summed E-state index contributed by atoms with van der Waals surface area (Å²) in [6.45, 7) is 0.881. The number of carbonyl (C=O) groups is 2. The molecule has 1 heterocycles. The maximum atomic E-state index is 10.4. The second kappa shape index (κ2) is 5.91. The molecule has 1 rings (SSSR count). The van der Waals surface area contributed by atoms with Gasteiger partial charge in [-0.05, 0) is 0 Å². The zero-order chi connectivity index (χ0) is 12.0. The van der Waals surface area contributed by atoms with Crippen LogP contribution < -0.4 is 16.4 Å². The Balaban J connectivity index is 2.29. The van der Waals surface area contributed by atoms with Crippen molar-refractivity contribution in [3.8, 4) is 0 Å². The number of primary amides is 1. The molecule has 0 aliphatic rings. The first kappa shape index (κ1) is 12.2. The highest BCUT2D eigenvalue weighted by molar-refractivity contribution is 7.13. The van der Waals surface area contributed by atoms with E-state index in [1.807, 2.05) is 0 Å². The zero-order valence-corrected chi connectivity index (χ0v) is 9.21. The number of nitrogens with one attached hydrogen (secondary N) is 2. The van der Waals surface area contributed by atoms with Crippen molar-refractivity contribution < 1.29 is 14.7 Å². The second-order valence-electron chi connectivity index (χ2n) is 2.93. The average Bonchev–Trinajstić information content (AvgIpc) is 2.59. The molecule has 8 heteroatoms. The summed E-state index contributed by atoms with van der Waals surface area (Å²) in [6, 6.07) is -0.576. The quantitative estimate of drug-likeness (QED) is 0.519. The largest absolute Gasteiger partial charge is 0.481 e. The molecular formula is C8H12N4O3S. The lowest BCUT2D eigenvalue weighted by molar-refractivity contribution is -0.136. The number of aromatic nitrogens is 1. The van der Waals surface area contributed by atoms with Crippen LogP contribution in [0, 0.1) is 0 Å². The van der Waals surface area contributed by atoms with Crippen molar-refractivity contribution in [3.63, 3.8) is 0 Å². The summed E-state index contributed by atoms with van der Waals surface area (Å²) in [5.74, 6) is -0.910. The Hall–Kier alpha value is -1.83. The number of hydrogen-bond donors (Lipinski definition) is 4. The fraction of sp³-hybridized carbons (Fsp3) is 0.375. The van der Waals surface area contributed by atoms with Gasteiger partial charge in [-0.1, -0.05) is 0 Å². The Morgan fingerprint density at radius 2 is 2.25 bits per heavy atom. The van der Waals surface area contributed by atoms with Crippen molar-refractivity contribution in [1.82, 2.24) is 10.3 Å². The molecule has 2 amide bonds. The highest BCUT2D eigenvalue weighted by Gasteiger charge is 2.05. The lowest BCUT2D eigenvalue weighted by Crippen LogP contribution is -2.33. The number of amides is 2. The zero-order valence-electron chi connectivity index (χ0n) is 8.40. The van der Waals surface area contributed by atoms with Gasteiger partial charge in [-0.2, -0.15) is 0 Å². The van der Waals surface area contributed by atoms with Crippen molar-refractivity contribution in [2.45, 2.75) is 6.42 Å². The van der Waals surface area contributed by atoms with Crippen LogP contribution in [0.3, 0.4) is 0 Å². The van der Waals surface area contributed by atoms with Gasteiger partial charge >= 0.3 is 12.0 Å². The van der Waals surface area contributed by atoms with Gasteiger partial charge in [0.15, 0.2) is 5.13 Å². The molecule has 5 N–H and O–H groups in total.